The van der Waals surface area contributed by atoms with Crippen LogP contribution in [0, 0.1) is 5.82 Å². The van der Waals surface area contributed by atoms with Gasteiger partial charge in [0.15, 0.2) is 11.6 Å². The minimum Gasteiger partial charge on any atom is -0.494 e. The monoisotopic (exact) mass is 329 g/mol. The first-order valence-corrected chi connectivity index (χ1v) is 7.46. The fourth-order valence-corrected chi connectivity index (χ4v) is 2.22. The summed E-state index contributed by atoms with van der Waals surface area (Å²) in [6.07, 6.45) is 1.65. The Bertz CT molecular complexity index is 713. The lowest BCUT2D eigenvalue weighted by atomic mass is 10.1. The minimum atomic E-state index is -0.445. The summed E-state index contributed by atoms with van der Waals surface area (Å²) >= 11 is 0. The summed E-state index contributed by atoms with van der Waals surface area (Å²) in [6.45, 7) is 4.29. The molecule has 0 N–H and O–H groups in total. The number of methoxy groups -OCH3 is 1. The number of amides is 1. The van der Waals surface area contributed by atoms with Gasteiger partial charge in [-0.1, -0.05) is 18.7 Å². The van der Waals surface area contributed by atoms with Gasteiger partial charge in [-0.25, -0.2) is 4.39 Å². The molecule has 0 aliphatic heterocycles. The number of rotatable bonds is 7. The second-order valence-corrected chi connectivity index (χ2v) is 5.25. The van der Waals surface area contributed by atoms with Crippen LogP contribution in [0.4, 0.5) is 4.39 Å². The molecule has 4 nitrogen and oxygen atoms in total. The Labute approximate surface area is 141 Å². The fourth-order valence-electron chi connectivity index (χ4n) is 2.22. The molecule has 0 unspecified atom stereocenters. The molecule has 0 fully saturated rings. The van der Waals surface area contributed by atoms with Crippen LogP contribution in [-0.4, -0.2) is 31.6 Å². The first-order chi connectivity index (χ1) is 11.5. The second-order valence-electron chi connectivity index (χ2n) is 5.25. The van der Waals surface area contributed by atoms with E-state index in [1.165, 1.54) is 18.1 Å². The van der Waals surface area contributed by atoms with E-state index in [1.807, 2.05) is 0 Å². The van der Waals surface area contributed by atoms with Gasteiger partial charge in [-0.05, 0) is 42.0 Å². The van der Waals surface area contributed by atoms with Crippen LogP contribution in [-0.2, 0) is 6.54 Å². The number of hydrogen-bond acceptors (Lipinski definition) is 3. The molecule has 1 amide bonds. The molecule has 0 heterocycles. The van der Waals surface area contributed by atoms with Gasteiger partial charge < -0.3 is 14.4 Å². The highest BCUT2D eigenvalue weighted by molar-refractivity contribution is 5.94. The average Bonchev–Trinajstić information content (AvgIpc) is 2.60. The first kappa shape index (κ1) is 17.5. The van der Waals surface area contributed by atoms with E-state index in [-0.39, 0.29) is 11.7 Å². The van der Waals surface area contributed by atoms with Crippen LogP contribution in [0.15, 0.2) is 55.1 Å². The Hall–Kier alpha value is -2.82. The summed E-state index contributed by atoms with van der Waals surface area (Å²) < 4.78 is 24.0. The SMILES string of the molecule is C=CCOc1ccc(C(=O)N(C)Cc2ccc(OC)c(F)c2)cc1. The fraction of sp³-hybridized carbons (Fsp3) is 0.211. The summed E-state index contributed by atoms with van der Waals surface area (Å²) in [5, 5.41) is 0. The molecule has 0 bridgehead atoms. The van der Waals surface area contributed by atoms with E-state index in [1.54, 1.807) is 49.5 Å². The largest absolute Gasteiger partial charge is 0.494 e. The van der Waals surface area contributed by atoms with E-state index in [0.717, 1.165) is 0 Å². The van der Waals surface area contributed by atoms with Gasteiger partial charge in [0.1, 0.15) is 12.4 Å². The van der Waals surface area contributed by atoms with Crippen LogP contribution in [0.2, 0.25) is 0 Å². The second kappa shape index (κ2) is 8.15. The van der Waals surface area contributed by atoms with Crippen LogP contribution in [0.3, 0.4) is 0 Å². The molecule has 5 heteroatoms. The van der Waals surface area contributed by atoms with Gasteiger partial charge in [0.25, 0.3) is 5.91 Å². The van der Waals surface area contributed by atoms with Crippen molar-refractivity contribution in [1.29, 1.82) is 0 Å². The minimum absolute atomic E-state index is 0.151. The standard InChI is InChI=1S/C19H20FNO3/c1-4-11-24-16-8-6-15(7-9-16)19(22)21(2)13-14-5-10-18(23-3)17(20)12-14/h4-10,12H,1,11,13H2,2-3H3. The van der Waals surface area contributed by atoms with Crippen molar-refractivity contribution >= 4 is 5.91 Å². The summed E-state index contributed by atoms with van der Waals surface area (Å²) in [7, 11) is 3.09. The highest BCUT2D eigenvalue weighted by atomic mass is 19.1. The van der Waals surface area contributed by atoms with Crippen molar-refractivity contribution in [2.75, 3.05) is 20.8 Å². The summed E-state index contributed by atoms with van der Waals surface area (Å²) in [5.41, 5.74) is 1.23. The number of benzene rings is 2. The molecule has 2 rings (SSSR count). The lowest BCUT2D eigenvalue weighted by Crippen LogP contribution is -2.26. The van der Waals surface area contributed by atoms with Crippen LogP contribution >= 0.6 is 0 Å². The predicted octanol–water partition coefficient (Wildman–Crippen LogP) is 3.67. The summed E-state index contributed by atoms with van der Waals surface area (Å²) in [5.74, 6) is 0.259. The molecule has 0 aliphatic rings. The van der Waals surface area contributed by atoms with Gasteiger partial charge in [0, 0.05) is 19.2 Å². The molecule has 0 spiro atoms. The van der Waals surface area contributed by atoms with Gasteiger partial charge in [0.05, 0.1) is 7.11 Å². The molecule has 24 heavy (non-hydrogen) atoms. The van der Waals surface area contributed by atoms with Gasteiger partial charge in [-0.15, -0.1) is 0 Å². The molecule has 2 aromatic rings. The Morgan fingerprint density at radius 3 is 2.54 bits per heavy atom. The zero-order valence-electron chi connectivity index (χ0n) is 13.8. The molecule has 0 aliphatic carbocycles. The molecular weight excluding hydrogens is 309 g/mol. The Balaban J connectivity index is 2.03. The highest BCUT2D eigenvalue weighted by Gasteiger charge is 2.13. The van der Waals surface area contributed by atoms with Gasteiger partial charge in [-0.3, -0.25) is 4.79 Å². The van der Waals surface area contributed by atoms with Crippen molar-refractivity contribution in [1.82, 2.24) is 4.90 Å². The topological polar surface area (TPSA) is 38.8 Å². The Morgan fingerprint density at radius 2 is 1.96 bits per heavy atom. The molecule has 2 aromatic carbocycles. The van der Waals surface area contributed by atoms with Crippen molar-refractivity contribution in [3.8, 4) is 11.5 Å². The first-order valence-electron chi connectivity index (χ1n) is 7.46. The smallest absolute Gasteiger partial charge is 0.253 e. The van der Waals surface area contributed by atoms with Gasteiger partial charge in [-0.2, -0.15) is 0 Å². The van der Waals surface area contributed by atoms with Gasteiger partial charge in [0.2, 0.25) is 0 Å². The summed E-state index contributed by atoms with van der Waals surface area (Å²) in [4.78, 5) is 14.0. The van der Waals surface area contributed by atoms with E-state index in [0.29, 0.717) is 30.0 Å². The Morgan fingerprint density at radius 1 is 1.25 bits per heavy atom. The average molecular weight is 329 g/mol. The maximum absolute atomic E-state index is 13.7. The van der Waals surface area contributed by atoms with Crippen LogP contribution in [0.25, 0.3) is 0 Å². The maximum atomic E-state index is 13.7. The molecule has 126 valence electrons. The molecule has 0 saturated heterocycles. The van der Waals surface area contributed by atoms with Crippen molar-refractivity contribution in [3.63, 3.8) is 0 Å². The van der Waals surface area contributed by atoms with Crippen molar-refractivity contribution < 1.29 is 18.7 Å². The lowest BCUT2D eigenvalue weighted by Gasteiger charge is -2.18. The zero-order chi connectivity index (χ0) is 17.5. The molecule has 0 radical (unpaired) electrons. The van der Waals surface area contributed by atoms with Crippen molar-refractivity contribution in [2.24, 2.45) is 0 Å². The van der Waals surface area contributed by atoms with Crippen molar-refractivity contribution in [3.05, 3.63) is 72.1 Å². The van der Waals surface area contributed by atoms with E-state index in [4.69, 9.17) is 9.47 Å². The lowest BCUT2D eigenvalue weighted by molar-refractivity contribution is 0.0785. The maximum Gasteiger partial charge on any atom is 0.253 e. The van der Waals surface area contributed by atoms with E-state index in [9.17, 15) is 9.18 Å². The third kappa shape index (κ3) is 4.35. The molecule has 0 aromatic heterocycles. The number of carbonyl (C=O) groups is 1. The molecular formula is C19H20FNO3. The van der Waals surface area contributed by atoms with E-state index < -0.39 is 5.82 Å². The van der Waals surface area contributed by atoms with E-state index in [2.05, 4.69) is 6.58 Å². The molecule has 0 atom stereocenters. The number of halogens is 1. The number of hydrogen-bond donors (Lipinski definition) is 0. The number of carbonyl (C=O) groups excluding carboxylic acids is 1. The molecule has 0 saturated carbocycles. The van der Waals surface area contributed by atoms with Crippen LogP contribution < -0.4 is 9.47 Å². The normalized spacial score (nSPS) is 10.1. The van der Waals surface area contributed by atoms with Crippen LogP contribution in [0.1, 0.15) is 15.9 Å². The van der Waals surface area contributed by atoms with Gasteiger partial charge >= 0.3 is 0 Å². The number of nitrogens with zero attached hydrogens (tertiary/aromatic N) is 1. The number of ether oxygens (including phenoxy) is 2. The predicted molar refractivity (Wildman–Crippen MR) is 90.9 cm³/mol. The third-order valence-corrected chi connectivity index (χ3v) is 3.45. The van der Waals surface area contributed by atoms with Crippen molar-refractivity contribution in [2.45, 2.75) is 6.54 Å². The summed E-state index contributed by atoms with van der Waals surface area (Å²) in [6, 6.07) is 11.5. The quantitative estimate of drug-likeness (QED) is 0.728. The van der Waals surface area contributed by atoms with E-state index >= 15 is 0 Å². The third-order valence-electron chi connectivity index (χ3n) is 3.45. The Kier molecular flexibility index (Phi) is 5.95. The van der Waals surface area contributed by atoms with Crippen LogP contribution in [0.5, 0.6) is 11.5 Å². The highest BCUT2D eigenvalue weighted by Crippen LogP contribution is 2.19. The zero-order valence-corrected chi connectivity index (χ0v) is 13.8.